The van der Waals surface area contributed by atoms with Crippen LogP contribution in [-0.2, 0) is 60.0 Å². The van der Waals surface area contributed by atoms with Crippen molar-refractivity contribution in [1.82, 2.24) is 0 Å². The summed E-state index contributed by atoms with van der Waals surface area (Å²) in [7, 11) is -1.83. The Morgan fingerprint density at radius 3 is 1.95 bits per heavy atom. The first-order valence-electron chi connectivity index (χ1n) is 30.4. The highest BCUT2D eigenvalue weighted by atomic mass is 28.4. The maximum absolute atomic E-state index is 14.2. The molecule has 0 saturated carbocycles. The Morgan fingerprint density at radius 1 is 0.735 bits per heavy atom. The number of hydrogen-bond donors (Lipinski definition) is 1. The first kappa shape index (κ1) is 66.4. The molecule has 456 valence electrons. The van der Waals surface area contributed by atoms with E-state index in [9.17, 15) is 9.90 Å². The zero-order valence-corrected chi connectivity index (χ0v) is 54.4. The van der Waals surface area contributed by atoms with Crippen LogP contribution in [0, 0.1) is 5.41 Å². The number of carbonyl (C=O) groups excluding carboxylic acids is 1. The quantitative estimate of drug-likeness (QED) is 0.0251. The molecular formula is C69H100O12Si2. The highest BCUT2D eigenvalue weighted by Gasteiger charge is 2.56. The zero-order valence-electron chi connectivity index (χ0n) is 52.4. The van der Waals surface area contributed by atoms with Gasteiger partial charge in [-0.1, -0.05) is 183 Å². The Hall–Kier alpha value is -4.14. The predicted molar refractivity (Wildman–Crippen MR) is 335 cm³/mol. The van der Waals surface area contributed by atoms with Crippen LogP contribution in [-0.4, -0.2) is 116 Å². The van der Waals surface area contributed by atoms with Gasteiger partial charge >= 0.3 is 0 Å². The third-order valence-electron chi connectivity index (χ3n) is 17.8. The normalized spacial score (nSPS) is 24.4. The highest BCUT2D eigenvalue weighted by molar-refractivity contribution is 6.99. The van der Waals surface area contributed by atoms with Crippen LogP contribution in [0.2, 0.25) is 23.2 Å². The summed E-state index contributed by atoms with van der Waals surface area (Å²) >= 11 is 0. The molecule has 7 rings (SSSR count). The molecule has 3 heterocycles. The molecule has 0 spiro atoms. The van der Waals surface area contributed by atoms with E-state index in [2.05, 4.69) is 122 Å². The van der Waals surface area contributed by atoms with Crippen LogP contribution >= 0.6 is 0 Å². The molecule has 10 atom stereocenters. The second kappa shape index (κ2) is 29.5. The van der Waals surface area contributed by atoms with Crippen molar-refractivity contribution in [2.24, 2.45) is 5.41 Å². The molecule has 83 heavy (non-hydrogen) atoms. The van der Waals surface area contributed by atoms with Gasteiger partial charge in [0.05, 0.1) is 75.3 Å². The number of Topliss-reactive ketones (excluding diaryl/α,β-unsaturated/α-hetero) is 1. The van der Waals surface area contributed by atoms with Crippen LogP contribution in [0.1, 0.15) is 138 Å². The number of ether oxygens (including phenoxy) is 8. The SMILES string of the molecule is C=C1CC(C=CC(C)(C)[C@]2(OC)O[C@H](C[C@@H](O[Si](C)(C)C(C)(C)C)[C@@H](C)OCOCc3ccccc3)CCC2=O)OC(CC2C[C@@H](O)CC(CC(CCO[Si](c3ccccc3)(c3ccccc3)C(C)(C)C)OCc3ccc(OC)cc3)O2)C1. The summed E-state index contributed by atoms with van der Waals surface area (Å²) in [6.45, 7) is 30.1. The van der Waals surface area contributed by atoms with Crippen molar-refractivity contribution in [3.8, 4) is 5.75 Å². The maximum Gasteiger partial charge on any atom is 0.261 e. The first-order chi connectivity index (χ1) is 39.4. The van der Waals surface area contributed by atoms with Crippen LogP contribution in [0.15, 0.2) is 140 Å². The molecule has 1 N–H and O–H groups in total. The summed E-state index contributed by atoms with van der Waals surface area (Å²) in [5, 5.41) is 13.8. The van der Waals surface area contributed by atoms with E-state index < -0.39 is 33.9 Å². The minimum absolute atomic E-state index is 0.0385. The van der Waals surface area contributed by atoms with Gasteiger partial charge < -0.3 is 51.9 Å². The Kier molecular flexibility index (Phi) is 23.6. The fourth-order valence-corrected chi connectivity index (χ4v) is 18.1. The molecule has 5 unspecified atom stereocenters. The van der Waals surface area contributed by atoms with E-state index in [1.807, 2.05) is 87.5 Å². The molecule has 0 amide bonds. The van der Waals surface area contributed by atoms with Crippen LogP contribution in [0.5, 0.6) is 5.75 Å². The lowest BCUT2D eigenvalue weighted by Gasteiger charge is -2.48. The summed E-state index contributed by atoms with van der Waals surface area (Å²) in [6.07, 6.45) is 6.93. The van der Waals surface area contributed by atoms with E-state index in [0.29, 0.717) is 84.0 Å². The molecule has 0 bridgehead atoms. The van der Waals surface area contributed by atoms with E-state index >= 15 is 0 Å². The molecule has 3 aliphatic heterocycles. The summed E-state index contributed by atoms with van der Waals surface area (Å²) in [6, 6.07) is 39.5. The van der Waals surface area contributed by atoms with E-state index in [0.717, 1.165) is 22.4 Å². The van der Waals surface area contributed by atoms with Gasteiger partial charge in [0.2, 0.25) is 5.79 Å². The number of carbonyl (C=O) groups is 1. The average Bonchev–Trinajstić information content (AvgIpc) is 2.00. The molecule has 3 saturated heterocycles. The Bertz CT molecular complexity index is 2600. The summed E-state index contributed by atoms with van der Waals surface area (Å²) in [5.74, 6) is -0.852. The number of rotatable bonds is 28. The summed E-state index contributed by atoms with van der Waals surface area (Å²) < 4.78 is 66.0. The number of hydrogen-bond acceptors (Lipinski definition) is 12. The number of methoxy groups -OCH3 is 2. The number of ketones is 1. The molecule has 12 nitrogen and oxygen atoms in total. The van der Waals surface area contributed by atoms with E-state index in [1.54, 1.807) is 14.2 Å². The van der Waals surface area contributed by atoms with Gasteiger partial charge in [-0.2, -0.15) is 0 Å². The summed E-state index contributed by atoms with van der Waals surface area (Å²) in [5.41, 5.74) is 2.31. The van der Waals surface area contributed by atoms with E-state index in [4.69, 9.17) is 46.7 Å². The van der Waals surface area contributed by atoms with Gasteiger partial charge in [0.15, 0.2) is 14.1 Å². The third kappa shape index (κ3) is 17.5. The van der Waals surface area contributed by atoms with Gasteiger partial charge in [0.1, 0.15) is 12.5 Å². The van der Waals surface area contributed by atoms with Gasteiger partial charge in [-0.3, -0.25) is 4.79 Å². The molecule has 3 fully saturated rings. The Balaban J connectivity index is 1.01. The largest absolute Gasteiger partial charge is 0.497 e. The van der Waals surface area contributed by atoms with Crippen molar-refractivity contribution >= 4 is 32.8 Å². The lowest BCUT2D eigenvalue weighted by atomic mass is 9.76. The minimum Gasteiger partial charge on any atom is -0.497 e. The number of aliphatic hydroxyl groups excluding tert-OH is 1. The second-order valence-corrected chi connectivity index (χ2v) is 35.7. The molecular weight excluding hydrogens is 1080 g/mol. The van der Waals surface area contributed by atoms with Gasteiger partial charge in [0, 0.05) is 38.4 Å². The fraction of sp³-hybridized carbons (Fsp3) is 0.580. The standard InChI is InChI=1S/C69H100O12Si2/c1-50-40-57(36-38-68(9,10)69(73-12)65(71)35-34-58(80-69)46-64(81-82(13,14)66(3,4)5)51(2)76-49-74-47-52-24-18-15-19-25-52)78-59(41-50)45-61-43-54(70)42-60(79-61)44-56(75-48-53-30-32-55(72-11)33-31-53)37-39-77-83(67(6,7)8,62-26-20-16-21-27-62)63-28-22-17-23-29-63/h15-33,36,38,51,54,56-61,64,70H,1,34-35,37,39-49H2,2-14H3/t51-,54+,56?,57?,58+,59?,60?,61?,64-,69-/m1/s1. The third-order valence-corrected chi connectivity index (χ3v) is 27.3. The summed E-state index contributed by atoms with van der Waals surface area (Å²) in [4.78, 5) is 14.2. The molecule has 14 heteroatoms. The number of aliphatic hydroxyl groups is 1. The van der Waals surface area contributed by atoms with Crippen LogP contribution in [0.3, 0.4) is 0 Å². The molecule has 0 aromatic heterocycles. The van der Waals surface area contributed by atoms with Crippen LogP contribution in [0.4, 0.5) is 0 Å². The lowest BCUT2D eigenvalue weighted by Crippen LogP contribution is -2.66. The Labute approximate surface area is 500 Å². The Morgan fingerprint density at radius 2 is 1.35 bits per heavy atom. The number of benzene rings is 4. The maximum atomic E-state index is 14.2. The highest BCUT2D eigenvalue weighted by Crippen LogP contribution is 2.46. The first-order valence-corrected chi connectivity index (χ1v) is 35.2. The topological polar surface area (TPSA) is 130 Å². The lowest BCUT2D eigenvalue weighted by molar-refractivity contribution is -0.285. The zero-order chi connectivity index (χ0) is 60.1. The average molecular weight is 1180 g/mol. The smallest absolute Gasteiger partial charge is 0.261 e. The molecule has 4 aromatic rings. The fourth-order valence-electron chi connectivity index (χ4n) is 12.1. The van der Waals surface area contributed by atoms with E-state index in [1.165, 1.54) is 10.4 Å². The molecule has 4 aromatic carbocycles. The van der Waals surface area contributed by atoms with Crippen molar-refractivity contribution in [3.05, 3.63) is 151 Å². The van der Waals surface area contributed by atoms with Crippen molar-refractivity contribution in [2.75, 3.05) is 27.6 Å². The van der Waals surface area contributed by atoms with Crippen molar-refractivity contribution in [2.45, 2.75) is 224 Å². The van der Waals surface area contributed by atoms with Gasteiger partial charge in [0.25, 0.3) is 8.32 Å². The molecule has 3 aliphatic rings. The second-order valence-electron chi connectivity index (χ2n) is 26.6. The van der Waals surface area contributed by atoms with Crippen LogP contribution in [0.25, 0.3) is 0 Å². The van der Waals surface area contributed by atoms with E-state index in [-0.39, 0.29) is 71.5 Å². The molecule has 0 radical (unpaired) electrons. The molecule has 0 aliphatic carbocycles. The van der Waals surface area contributed by atoms with Crippen molar-refractivity contribution in [3.63, 3.8) is 0 Å². The van der Waals surface area contributed by atoms with Crippen molar-refractivity contribution < 1.29 is 56.6 Å². The van der Waals surface area contributed by atoms with Gasteiger partial charge in [-0.25, -0.2) is 0 Å². The van der Waals surface area contributed by atoms with Gasteiger partial charge in [-0.05, 0) is 109 Å². The van der Waals surface area contributed by atoms with Gasteiger partial charge in [-0.15, -0.1) is 0 Å². The predicted octanol–water partition coefficient (Wildman–Crippen LogP) is 13.4. The van der Waals surface area contributed by atoms with Crippen LogP contribution < -0.4 is 15.1 Å². The monoisotopic (exact) mass is 1180 g/mol. The minimum atomic E-state index is -2.80. The van der Waals surface area contributed by atoms with Crippen molar-refractivity contribution in [1.29, 1.82) is 0 Å².